The van der Waals surface area contributed by atoms with E-state index in [2.05, 4.69) is 16.0 Å². The van der Waals surface area contributed by atoms with E-state index in [9.17, 15) is 33.9 Å². The average molecular weight is 461 g/mol. The lowest BCUT2D eigenvalue weighted by molar-refractivity contribution is -0.146. The summed E-state index contributed by atoms with van der Waals surface area (Å²) in [6, 6.07) is -5.79. The highest BCUT2D eigenvalue weighted by molar-refractivity contribution is 5.95. The van der Waals surface area contributed by atoms with Crippen LogP contribution in [0.5, 0.6) is 0 Å². The molecule has 0 spiro atoms. The highest BCUT2D eigenvalue weighted by Crippen LogP contribution is 2.06. The second-order valence-electron chi connectivity index (χ2n) is 7.57. The summed E-state index contributed by atoms with van der Waals surface area (Å²) in [6.45, 7) is 4.22. The van der Waals surface area contributed by atoms with Gasteiger partial charge in [0.2, 0.25) is 23.6 Å². The van der Waals surface area contributed by atoms with Crippen molar-refractivity contribution in [1.82, 2.24) is 16.0 Å². The smallest absolute Gasteiger partial charge is 0.328 e. The summed E-state index contributed by atoms with van der Waals surface area (Å²) in [5.41, 5.74) is 10.6. The molecule has 5 atom stereocenters. The van der Waals surface area contributed by atoms with Gasteiger partial charge >= 0.3 is 11.9 Å². The van der Waals surface area contributed by atoms with Crippen LogP contribution >= 0.6 is 0 Å². The molecule has 14 heteroatoms. The Kier molecular flexibility index (Phi) is 11.9. The predicted molar refractivity (Wildman–Crippen MR) is 109 cm³/mol. The number of nitrogens with two attached hydrogens (primary N) is 2. The summed E-state index contributed by atoms with van der Waals surface area (Å²) in [5, 5.41) is 34.2. The van der Waals surface area contributed by atoms with Crippen LogP contribution < -0.4 is 27.4 Å². The van der Waals surface area contributed by atoms with Crippen LogP contribution in [-0.4, -0.2) is 81.2 Å². The zero-order valence-corrected chi connectivity index (χ0v) is 18.0. The van der Waals surface area contributed by atoms with Gasteiger partial charge < -0.3 is 42.7 Å². The average Bonchev–Trinajstić information content (AvgIpc) is 2.65. The van der Waals surface area contributed by atoms with E-state index in [1.165, 1.54) is 13.8 Å². The number of primary amides is 1. The minimum absolute atomic E-state index is 0.129. The molecule has 182 valence electrons. The first-order chi connectivity index (χ1) is 14.7. The fraction of sp³-hybridized carbons (Fsp3) is 0.667. The third kappa shape index (κ3) is 10.2. The summed E-state index contributed by atoms with van der Waals surface area (Å²) in [4.78, 5) is 70.4. The fourth-order valence-electron chi connectivity index (χ4n) is 2.51. The number of carbonyl (C=O) groups is 6. The van der Waals surface area contributed by atoms with Gasteiger partial charge in [0.25, 0.3) is 0 Å². The zero-order valence-electron chi connectivity index (χ0n) is 18.0. The second kappa shape index (κ2) is 13.2. The maximum Gasteiger partial charge on any atom is 0.328 e. The summed E-state index contributed by atoms with van der Waals surface area (Å²) >= 11 is 0. The van der Waals surface area contributed by atoms with E-state index in [4.69, 9.17) is 21.7 Å². The molecule has 0 aromatic heterocycles. The quantitative estimate of drug-likeness (QED) is 0.127. The maximum atomic E-state index is 12.6. The molecule has 0 fully saturated rings. The molecule has 0 aliphatic carbocycles. The lowest BCUT2D eigenvalue weighted by Gasteiger charge is -2.27. The Morgan fingerprint density at radius 2 is 1.38 bits per heavy atom. The van der Waals surface area contributed by atoms with Crippen molar-refractivity contribution in [3.05, 3.63) is 0 Å². The zero-order chi connectivity index (χ0) is 25.2. The number of carbonyl (C=O) groups excluding carboxylic acids is 4. The minimum atomic E-state index is -1.64. The molecule has 0 aliphatic rings. The first-order valence-corrected chi connectivity index (χ1v) is 9.75. The van der Waals surface area contributed by atoms with Crippen LogP contribution in [0.1, 0.15) is 40.0 Å². The first-order valence-electron chi connectivity index (χ1n) is 9.75. The van der Waals surface area contributed by atoms with E-state index in [0.29, 0.717) is 0 Å². The Morgan fingerprint density at radius 3 is 1.78 bits per heavy atom. The molecule has 0 saturated carbocycles. The Balaban J connectivity index is 5.41. The molecule has 0 heterocycles. The minimum Gasteiger partial charge on any atom is -0.481 e. The number of nitrogens with one attached hydrogen (secondary N) is 3. The lowest BCUT2D eigenvalue weighted by Crippen LogP contribution is -2.59. The molecular formula is C18H31N5O9. The maximum absolute atomic E-state index is 12.6. The Hall–Kier alpha value is -3.26. The van der Waals surface area contributed by atoms with Crippen LogP contribution in [0, 0.1) is 5.92 Å². The van der Waals surface area contributed by atoms with Gasteiger partial charge in [-0.05, 0) is 19.3 Å². The monoisotopic (exact) mass is 461 g/mol. The second-order valence-corrected chi connectivity index (χ2v) is 7.57. The van der Waals surface area contributed by atoms with Gasteiger partial charge in [0.1, 0.15) is 12.1 Å². The number of aliphatic hydroxyl groups excluding tert-OH is 1. The number of hydrogen-bond acceptors (Lipinski definition) is 8. The SMILES string of the molecule is CC(C)C(NC(=O)C(CC(=O)O)NC(=O)C(N)CCC(N)=O)C(=O)NC(C(=O)O)C(C)O. The van der Waals surface area contributed by atoms with Crippen LogP contribution in [0.3, 0.4) is 0 Å². The molecule has 0 aliphatic heterocycles. The Bertz CT molecular complexity index is 726. The molecule has 0 rings (SSSR count). The molecular weight excluding hydrogens is 430 g/mol. The van der Waals surface area contributed by atoms with Crippen LogP contribution in [0.4, 0.5) is 0 Å². The highest BCUT2D eigenvalue weighted by Gasteiger charge is 2.33. The van der Waals surface area contributed by atoms with Gasteiger partial charge in [-0.25, -0.2) is 4.79 Å². The van der Waals surface area contributed by atoms with Crippen molar-refractivity contribution in [2.24, 2.45) is 17.4 Å². The third-order valence-electron chi connectivity index (χ3n) is 4.34. The number of rotatable bonds is 14. The molecule has 0 aromatic rings. The van der Waals surface area contributed by atoms with Gasteiger partial charge in [-0.3, -0.25) is 24.0 Å². The normalized spacial score (nSPS) is 15.6. The van der Waals surface area contributed by atoms with Crippen molar-refractivity contribution >= 4 is 35.6 Å². The van der Waals surface area contributed by atoms with Gasteiger partial charge in [0, 0.05) is 6.42 Å². The Morgan fingerprint density at radius 1 is 0.844 bits per heavy atom. The number of aliphatic carboxylic acids is 2. The molecule has 0 aromatic carbocycles. The molecule has 5 unspecified atom stereocenters. The van der Waals surface area contributed by atoms with E-state index >= 15 is 0 Å². The largest absolute Gasteiger partial charge is 0.481 e. The third-order valence-corrected chi connectivity index (χ3v) is 4.34. The number of aliphatic hydroxyl groups is 1. The van der Waals surface area contributed by atoms with Gasteiger partial charge in [0.15, 0.2) is 6.04 Å². The standard InChI is InChI=1S/C18H31N5O9/c1-7(2)13(17(30)23-14(8(3)24)18(31)32)22-16(29)10(6-12(26)27)21-15(28)9(19)4-5-11(20)25/h7-10,13-14,24H,4-6,19H2,1-3H3,(H2,20,25)(H,21,28)(H,22,29)(H,23,30)(H,26,27)(H,31,32). The fourth-order valence-corrected chi connectivity index (χ4v) is 2.51. The molecule has 10 N–H and O–H groups in total. The number of carboxylic acids is 2. The van der Waals surface area contributed by atoms with E-state index in [-0.39, 0.29) is 12.8 Å². The van der Waals surface area contributed by atoms with Gasteiger partial charge in [-0.1, -0.05) is 13.8 Å². The summed E-state index contributed by atoms with van der Waals surface area (Å²) in [7, 11) is 0. The van der Waals surface area contributed by atoms with Gasteiger partial charge in [0.05, 0.1) is 18.6 Å². The molecule has 4 amide bonds. The van der Waals surface area contributed by atoms with Gasteiger partial charge in [-0.15, -0.1) is 0 Å². The van der Waals surface area contributed by atoms with E-state index < -0.39 is 78.2 Å². The molecule has 0 radical (unpaired) electrons. The molecule has 0 bridgehead atoms. The summed E-state index contributed by atoms with van der Waals surface area (Å²) < 4.78 is 0. The summed E-state index contributed by atoms with van der Waals surface area (Å²) in [5.74, 6) is -7.05. The van der Waals surface area contributed by atoms with Crippen LogP contribution in [0.2, 0.25) is 0 Å². The van der Waals surface area contributed by atoms with Crippen LogP contribution in [0.25, 0.3) is 0 Å². The molecule has 32 heavy (non-hydrogen) atoms. The first kappa shape index (κ1) is 28.7. The van der Waals surface area contributed by atoms with Crippen molar-refractivity contribution in [2.45, 2.75) is 70.3 Å². The van der Waals surface area contributed by atoms with Crippen LogP contribution in [-0.2, 0) is 28.8 Å². The lowest BCUT2D eigenvalue weighted by atomic mass is 10.0. The van der Waals surface area contributed by atoms with Crippen molar-refractivity contribution in [3.8, 4) is 0 Å². The number of hydrogen-bond donors (Lipinski definition) is 8. The van der Waals surface area contributed by atoms with Crippen molar-refractivity contribution in [1.29, 1.82) is 0 Å². The molecule has 0 saturated heterocycles. The van der Waals surface area contributed by atoms with Crippen molar-refractivity contribution < 1.29 is 44.1 Å². The highest BCUT2D eigenvalue weighted by atomic mass is 16.4. The van der Waals surface area contributed by atoms with Crippen molar-refractivity contribution in [2.75, 3.05) is 0 Å². The predicted octanol–water partition coefficient (Wildman–Crippen LogP) is -3.37. The number of carboxylic acid groups (broad SMARTS) is 2. The van der Waals surface area contributed by atoms with E-state index in [1.54, 1.807) is 0 Å². The summed E-state index contributed by atoms with van der Waals surface area (Å²) in [6.07, 6.45) is -2.59. The van der Waals surface area contributed by atoms with Crippen LogP contribution in [0.15, 0.2) is 0 Å². The van der Waals surface area contributed by atoms with E-state index in [0.717, 1.165) is 6.92 Å². The number of amides is 4. The van der Waals surface area contributed by atoms with Crippen molar-refractivity contribution in [3.63, 3.8) is 0 Å². The Labute approximate surface area is 184 Å². The van der Waals surface area contributed by atoms with E-state index in [1.807, 2.05) is 0 Å². The topological polar surface area (TPSA) is 251 Å². The molecule has 14 nitrogen and oxygen atoms in total. The van der Waals surface area contributed by atoms with Gasteiger partial charge in [-0.2, -0.15) is 0 Å².